The zero-order valence-electron chi connectivity index (χ0n) is 14.9. The fourth-order valence-corrected chi connectivity index (χ4v) is 4.03. The molecule has 0 saturated heterocycles. The molecule has 2 aromatic heterocycles. The molecule has 0 aliphatic heterocycles. The van der Waals surface area contributed by atoms with E-state index in [1.54, 1.807) is 23.5 Å². The summed E-state index contributed by atoms with van der Waals surface area (Å²) in [6.07, 6.45) is 0. The number of nitrogens with one attached hydrogen (secondary N) is 1. The van der Waals surface area contributed by atoms with Crippen molar-refractivity contribution in [3.05, 3.63) is 94.2 Å². The van der Waals surface area contributed by atoms with Crippen LogP contribution in [0, 0.1) is 12.7 Å². The Hall–Kier alpha value is -2.92. The number of aromatic nitrogens is 1. The highest BCUT2D eigenvalue weighted by Crippen LogP contribution is 2.26. The highest BCUT2D eigenvalue weighted by Gasteiger charge is 2.16. The molecule has 0 bridgehead atoms. The molecule has 0 aliphatic carbocycles. The summed E-state index contributed by atoms with van der Waals surface area (Å²) >= 11 is 1.63. The normalized spacial score (nSPS) is 11.0. The lowest BCUT2D eigenvalue weighted by Gasteiger charge is -2.12. The third-order valence-electron chi connectivity index (χ3n) is 4.54. The monoisotopic (exact) mass is 378 g/mol. The average molecular weight is 378 g/mol. The number of halogens is 1. The van der Waals surface area contributed by atoms with E-state index in [1.165, 1.54) is 17.7 Å². The lowest BCUT2D eigenvalue weighted by Crippen LogP contribution is -2.25. The molecule has 0 radical (unpaired) electrons. The Kier molecular flexibility index (Phi) is 4.77. The molecule has 2 aromatic carbocycles. The van der Waals surface area contributed by atoms with Crippen molar-refractivity contribution in [2.75, 3.05) is 0 Å². The number of benzene rings is 2. The Morgan fingerprint density at radius 3 is 2.67 bits per heavy atom. The van der Waals surface area contributed by atoms with Gasteiger partial charge in [0, 0.05) is 13.1 Å². The number of amides is 1. The molecule has 4 aromatic rings. The predicted octanol–water partition coefficient (Wildman–Crippen LogP) is 5.13. The lowest BCUT2D eigenvalue weighted by atomic mass is 10.1. The van der Waals surface area contributed by atoms with Gasteiger partial charge < -0.3 is 9.88 Å². The van der Waals surface area contributed by atoms with Gasteiger partial charge in [-0.3, -0.25) is 4.79 Å². The summed E-state index contributed by atoms with van der Waals surface area (Å²) in [6, 6.07) is 18.5. The van der Waals surface area contributed by atoms with Crippen LogP contribution in [0.15, 0.2) is 66.0 Å². The molecule has 4 rings (SSSR count). The summed E-state index contributed by atoms with van der Waals surface area (Å²) in [5.41, 5.74) is 4.92. The second-order valence-corrected chi connectivity index (χ2v) is 7.53. The predicted molar refractivity (Wildman–Crippen MR) is 108 cm³/mol. The Labute approximate surface area is 161 Å². The topological polar surface area (TPSA) is 34.0 Å². The van der Waals surface area contributed by atoms with E-state index in [2.05, 4.69) is 35.0 Å². The lowest BCUT2D eigenvalue weighted by molar-refractivity contribution is 0.0942. The number of nitrogens with zero attached hydrogens (tertiary/aromatic N) is 1. The molecule has 0 unspecified atom stereocenters. The first-order valence-corrected chi connectivity index (χ1v) is 9.63. The number of aryl methyl sites for hydroxylation is 1. The van der Waals surface area contributed by atoms with E-state index in [-0.39, 0.29) is 11.7 Å². The van der Waals surface area contributed by atoms with Gasteiger partial charge in [-0.15, -0.1) is 11.3 Å². The number of hydrogen-bond acceptors (Lipinski definition) is 2. The van der Waals surface area contributed by atoms with E-state index in [9.17, 15) is 9.18 Å². The first-order valence-electron chi connectivity index (χ1n) is 8.75. The van der Waals surface area contributed by atoms with E-state index in [0.717, 1.165) is 21.3 Å². The Morgan fingerprint density at radius 1 is 1.07 bits per heavy atom. The van der Waals surface area contributed by atoms with Crippen LogP contribution in [0.1, 0.15) is 27.2 Å². The van der Waals surface area contributed by atoms with Crippen LogP contribution in [0.3, 0.4) is 0 Å². The van der Waals surface area contributed by atoms with Gasteiger partial charge in [-0.25, -0.2) is 4.39 Å². The Balaban J connectivity index is 1.59. The minimum atomic E-state index is -0.280. The molecule has 0 spiro atoms. The molecule has 2 heterocycles. The molecular weight excluding hydrogens is 359 g/mol. The largest absolute Gasteiger partial charge is 0.347 e. The van der Waals surface area contributed by atoms with Crippen LogP contribution >= 0.6 is 11.3 Å². The second-order valence-electron chi connectivity index (χ2n) is 6.58. The number of hydrogen-bond donors (Lipinski definition) is 1. The molecular formula is C22H19FN2OS. The summed E-state index contributed by atoms with van der Waals surface area (Å²) in [6.45, 7) is 3.07. The third-order valence-corrected chi connectivity index (χ3v) is 5.40. The number of thiophene rings is 1. The highest BCUT2D eigenvalue weighted by atomic mass is 32.1. The Bertz CT molecular complexity index is 1100. The fraction of sp³-hybridized carbons (Fsp3) is 0.136. The van der Waals surface area contributed by atoms with Crippen molar-refractivity contribution in [2.24, 2.45) is 0 Å². The van der Waals surface area contributed by atoms with Crippen LogP contribution in [0.4, 0.5) is 4.39 Å². The quantitative estimate of drug-likeness (QED) is 0.513. The maximum atomic E-state index is 13.0. The van der Waals surface area contributed by atoms with Gasteiger partial charge in [0.2, 0.25) is 0 Å². The van der Waals surface area contributed by atoms with Gasteiger partial charge in [0.25, 0.3) is 5.91 Å². The van der Waals surface area contributed by atoms with E-state index in [0.29, 0.717) is 18.8 Å². The Morgan fingerprint density at radius 2 is 1.89 bits per heavy atom. The standard InChI is InChI=1S/C22H19FN2OS/c1-15-3-2-4-17(11-15)14-25-19-9-10-27-21(19)12-20(25)22(26)24-13-16-5-7-18(23)8-6-16/h2-12H,13-14H2,1H3,(H,24,26). The van der Waals surface area contributed by atoms with Crippen molar-refractivity contribution in [1.29, 1.82) is 0 Å². The number of fused-ring (bicyclic) bond motifs is 1. The maximum Gasteiger partial charge on any atom is 0.268 e. The van der Waals surface area contributed by atoms with Crippen molar-refractivity contribution in [2.45, 2.75) is 20.0 Å². The molecule has 1 N–H and O–H groups in total. The van der Waals surface area contributed by atoms with E-state index in [1.807, 2.05) is 23.6 Å². The van der Waals surface area contributed by atoms with Crippen LogP contribution in [-0.2, 0) is 13.1 Å². The molecule has 0 atom stereocenters. The molecule has 5 heteroatoms. The molecule has 136 valence electrons. The molecule has 0 saturated carbocycles. The van der Waals surface area contributed by atoms with Gasteiger partial charge in [0.05, 0.1) is 10.2 Å². The van der Waals surface area contributed by atoms with E-state index in [4.69, 9.17) is 0 Å². The van der Waals surface area contributed by atoms with Crippen molar-refractivity contribution >= 4 is 27.5 Å². The maximum absolute atomic E-state index is 13.0. The van der Waals surface area contributed by atoms with E-state index >= 15 is 0 Å². The van der Waals surface area contributed by atoms with Crippen molar-refractivity contribution in [3.63, 3.8) is 0 Å². The van der Waals surface area contributed by atoms with Gasteiger partial charge in [0.15, 0.2) is 0 Å². The number of rotatable bonds is 5. The van der Waals surface area contributed by atoms with Gasteiger partial charge in [0.1, 0.15) is 11.5 Å². The van der Waals surface area contributed by atoms with Crippen LogP contribution in [0.2, 0.25) is 0 Å². The molecule has 3 nitrogen and oxygen atoms in total. The van der Waals surface area contributed by atoms with Gasteiger partial charge >= 0.3 is 0 Å². The van der Waals surface area contributed by atoms with Crippen LogP contribution in [0.5, 0.6) is 0 Å². The zero-order chi connectivity index (χ0) is 18.8. The minimum absolute atomic E-state index is 0.129. The first-order chi connectivity index (χ1) is 13.1. The SMILES string of the molecule is Cc1cccc(Cn2c(C(=O)NCc3ccc(F)cc3)cc3sccc32)c1. The van der Waals surface area contributed by atoms with Crippen molar-refractivity contribution in [3.8, 4) is 0 Å². The highest BCUT2D eigenvalue weighted by molar-refractivity contribution is 7.17. The number of carbonyl (C=O) groups is 1. The van der Waals surface area contributed by atoms with Crippen LogP contribution in [-0.4, -0.2) is 10.5 Å². The van der Waals surface area contributed by atoms with Crippen molar-refractivity contribution in [1.82, 2.24) is 9.88 Å². The second kappa shape index (κ2) is 7.37. The summed E-state index contributed by atoms with van der Waals surface area (Å²) in [5, 5.41) is 4.98. The average Bonchev–Trinajstić information content (AvgIpc) is 3.24. The molecule has 27 heavy (non-hydrogen) atoms. The minimum Gasteiger partial charge on any atom is -0.347 e. The van der Waals surface area contributed by atoms with Gasteiger partial charge in [-0.05, 0) is 47.7 Å². The molecule has 0 fully saturated rings. The van der Waals surface area contributed by atoms with Gasteiger partial charge in [-0.1, -0.05) is 42.0 Å². The van der Waals surface area contributed by atoms with Crippen LogP contribution in [0.25, 0.3) is 10.2 Å². The molecule has 0 aliphatic rings. The summed E-state index contributed by atoms with van der Waals surface area (Å²) in [7, 11) is 0. The van der Waals surface area contributed by atoms with Gasteiger partial charge in [-0.2, -0.15) is 0 Å². The smallest absolute Gasteiger partial charge is 0.268 e. The fourth-order valence-electron chi connectivity index (χ4n) is 3.20. The third kappa shape index (κ3) is 3.78. The number of carbonyl (C=O) groups excluding carboxylic acids is 1. The first kappa shape index (κ1) is 17.5. The van der Waals surface area contributed by atoms with E-state index < -0.39 is 0 Å². The van der Waals surface area contributed by atoms with Crippen LogP contribution < -0.4 is 5.32 Å². The summed E-state index contributed by atoms with van der Waals surface area (Å²) < 4.78 is 16.2. The molecule has 1 amide bonds. The summed E-state index contributed by atoms with van der Waals surface area (Å²) in [5.74, 6) is -0.410. The summed E-state index contributed by atoms with van der Waals surface area (Å²) in [4.78, 5) is 12.8. The zero-order valence-corrected chi connectivity index (χ0v) is 15.7. The van der Waals surface area contributed by atoms with Crippen molar-refractivity contribution < 1.29 is 9.18 Å².